The molecule has 2 unspecified atom stereocenters. The molecule has 2 saturated heterocycles. The average molecular weight is 644 g/mol. The molecule has 2 aliphatic carbocycles. The van der Waals surface area contributed by atoms with E-state index in [1.165, 1.54) is 50.8 Å². The number of nitrogens with zero attached hydrogens (tertiary/aromatic N) is 5. The summed E-state index contributed by atoms with van der Waals surface area (Å²) in [6.45, 7) is 6.03. The highest BCUT2D eigenvalue weighted by Gasteiger charge is 2.50. The number of piperidine rings is 1. The molecule has 4 heterocycles. The molecule has 0 spiro atoms. The Morgan fingerprint density at radius 3 is 2.70 bits per heavy atom. The van der Waals surface area contributed by atoms with Crippen LogP contribution in [0.2, 0.25) is 0 Å². The molecule has 2 aromatic heterocycles. The van der Waals surface area contributed by atoms with E-state index >= 15 is 8.78 Å². The van der Waals surface area contributed by atoms with Gasteiger partial charge in [-0.25, -0.2) is 8.78 Å². The Bertz CT molecular complexity index is 1810. The predicted octanol–water partition coefficient (Wildman–Crippen LogP) is 7.18. The largest absolute Gasteiger partial charge is 0.508 e. The van der Waals surface area contributed by atoms with Crippen molar-refractivity contribution in [1.29, 1.82) is 0 Å². The van der Waals surface area contributed by atoms with Crippen LogP contribution in [0.1, 0.15) is 70.3 Å². The Labute approximate surface area is 274 Å². The molecule has 2 aliphatic heterocycles. The summed E-state index contributed by atoms with van der Waals surface area (Å²) in [6.07, 6.45) is 12.5. The second-order valence-corrected chi connectivity index (χ2v) is 13.9. The maximum Gasteiger partial charge on any atom is 0.319 e. The van der Waals surface area contributed by atoms with Gasteiger partial charge in [-0.3, -0.25) is 9.88 Å². The zero-order valence-corrected chi connectivity index (χ0v) is 27.1. The minimum Gasteiger partial charge on any atom is -0.508 e. The van der Waals surface area contributed by atoms with Gasteiger partial charge in [-0.15, -0.1) is 0 Å². The van der Waals surface area contributed by atoms with Crippen molar-refractivity contribution in [3.63, 3.8) is 0 Å². The van der Waals surface area contributed by atoms with E-state index in [1.54, 1.807) is 18.3 Å². The van der Waals surface area contributed by atoms with E-state index < -0.39 is 5.82 Å². The van der Waals surface area contributed by atoms with Gasteiger partial charge >= 0.3 is 6.01 Å². The molecule has 2 aromatic carbocycles. The monoisotopic (exact) mass is 643 g/mol. The molecule has 0 amide bonds. The fourth-order valence-corrected chi connectivity index (χ4v) is 8.81. The minimum atomic E-state index is -0.647. The summed E-state index contributed by atoms with van der Waals surface area (Å²) in [4.78, 5) is 19.1. The molecule has 0 bridgehead atoms. The Morgan fingerprint density at radius 2 is 1.87 bits per heavy atom. The van der Waals surface area contributed by atoms with E-state index in [9.17, 15) is 5.11 Å². The lowest BCUT2D eigenvalue weighted by molar-refractivity contribution is -0.0399. The molecule has 0 radical (unpaired) electrons. The standard InChI is InChI=1S/C37H43F2N5O3/c1-2-26-29(38)11-10-23-19-25(45)20-27(31(23)26)33-32(39)34-28(21-40-33)35(43-14-6-17-46-18-16-43)42-36(41-34)47-22-37-12-4-9-30(37)44(15-5-13-37)24-7-3-8-24/h10-11,19-21,24,30,45H,2-9,12-18,22H2,1H3. The highest BCUT2D eigenvalue weighted by molar-refractivity contribution is 6.01. The Hall–Kier alpha value is -3.63. The molecule has 4 fully saturated rings. The van der Waals surface area contributed by atoms with Crippen LogP contribution >= 0.6 is 0 Å². The number of rotatable bonds is 7. The predicted molar refractivity (Wildman–Crippen MR) is 178 cm³/mol. The van der Waals surface area contributed by atoms with Gasteiger partial charge in [0, 0.05) is 49.0 Å². The van der Waals surface area contributed by atoms with Crippen molar-refractivity contribution >= 4 is 27.5 Å². The fourth-order valence-electron chi connectivity index (χ4n) is 8.81. The molecule has 1 N–H and O–H groups in total. The molecule has 47 heavy (non-hydrogen) atoms. The second-order valence-electron chi connectivity index (χ2n) is 13.9. The Morgan fingerprint density at radius 1 is 1.00 bits per heavy atom. The van der Waals surface area contributed by atoms with Gasteiger partial charge in [0.15, 0.2) is 5.82 Å². The quantitative estimate of drug-likeness (QED) is 0.227. The number of hydrogen-bond acceptors (Lipinski definition) is 8. The van der Waals surface area contributed by atoms with E-state index in [4.69, 9.17) is 19.4 Å². The van der Waals surface area contributed by atoms with Gasteiger partial charge in [0.25, 0.3) is 0 Å². The molecule has 2 saturated carbocycles. The van der Waals surface area contributed by atoms with Crippen LogP contribution in [-0.4, -0.2) is 76.5 Å². The van der Waals surface area contributed by atoms with Gasteiger partial charge < -0.3 is 19.5 Å². The van der Waals surface area contributed by atoms with Gasteiger partial charge in [-0.2, -0.15) is 9.97 Å². The number of anilines is 1. The normalized spacial score (nSPS) is 24.0. The molecule has 4 aromatic rings. The van der Waals surface area contributed by atoms with Crippen molar-refractivity contribution < 1.29 is 23.4 Å². The number of halogens is 2. The number of phenols is 1. The SMILES string of the molecule is CCc1c(F)ccc2cc(O)cc(-c3ncc4c(N5CCCOCC5)nc(OCC56CCCC5N(C5CCC5)CCC6)nc4c3F)c12. The van der Waals surface area contributed by atoms with Gasteiger partial charge in [0.05, 0.1) is 18.6 Å². The number of aromatic nitrogens is 3. The summed E-state index contributed by atoms with van der Waals surface area (Å²) >= 11 is 0. The van der Waals surface area contributed by atoms with E-state index in [0.29, 0.717) is 84.5 Å². The van der Waals surface area contributed by atoms with E-state index in [1.807, 2.05) is 6.92 Å². The number of aryl methyl sites for hydroxylation is 1. The second kappa shape index (κ2) is 12.4. The summed E-state index contributed by atoms with van der Waals surface area (Å²) in [7, 11) is 0. The van der Waals surface area contributed by atoms with Crippen LogP contribution in [0.4, 0.5) is 14.6 Å². The lowest BCUT2D eigenvalue weighted by atomic mass is 9.73. The van der Waals surface area contributed by atoms with E-state index in [2.05, 4.69) is 14.8 Å². The number of ether oxygens (including phenoxy) is 2. The van der Waals surface area contributed by atoms with Crippen LogP contribution in [0.15, 0.2) is 30.5 Å². The molecule has 8 nitrogen and oxygen atoms in total. The van der Waals surface area contributed by atoms with E-state index in [0.717, 1.165) is 25.7 Å². The van der Waals surface area contributed by atoms with Crippen molar-refractivity contribution in [2.24, 2.45) is 5.41 Å². The van der Waals surface area contributed by atoms with Crippen molar-refractivity contribution in [2.75, 3.05) is 44.4 Å². The maximum atomic E-state index is 16.9. The number of benzene rings is 2. The lowest BCUT2D eigenvalue weighted by Crippen LogP contribution is -2.57. The zero-order valence-electron chi connectivity index (χ0n) is 27.1. The average Bonchev–Trinajstić information content (AvgIpc) is 3.30. The number of hydrogen-bond donors (Lipinski definition) is 1. The Kier molecular flexibility index (Phi) is 8.12. The molecule has 248 valence electrons. The summed E-state index contributed by atoms with van der Waals surface area (Å²) in [5.41, 5.74) is 0.932. The molecule has 10 heteroatoms. The lowest BCUT2D eigenvalue weighted by Gasteiger charge is -2.51. The van der Waals surface area contributed by atoms with Crippen LogP contribution in [0.3, 0.4) is 0 Å². The third-order valence-electron chi connectivity index (χ3n) is 11.3. The number of likely N-dealkylation sites (tertiary alicyclic amines) is 1. The first-order chi connectivity index (χ1) is 23.0. The number of aromatic hydroxyl groups is 1. The van der Waals surface area contributed by atoms with Crippen molar-refractivity contribution in [1.82, 2.24) is 19.9 Å². The summed E-state index contributed by atoms with van der Waals surface area (Å²) in [6, 6.07) is 7.37. The summed E-state index contributed by atoms with van der Waals surface area (Å²) in [5.74, 6) is -0.492. The van der Waals surface area contributed by atoms with Gasteiger partial charge in [0.2, 0.25) is 0 Å². The molecule has 4 aliphatic rings. The smallest absolute Gasteiger partial charge is 0.319 e. The van der Waals surface area contributed by atoms with Crippen LogP contribution in [0.25, 0.3) is 32.9 Å². The maximum absolute atomic E-state index is 16.9. The highest BCUT2D eigenvalue weighted by atomic mass is 19.1. The summed E-state index contributed by atoms with van der Waals surface area (Å²) < 4.78 is 44.2. The first-order valence-electron chi connectivity index (χ1n) is 17.5. The van der Waals surface area contributed by atoms with Gasteiger partial charge in [-0.1, -0.05) is 25.8 Å². The van der Waals surface area contributed by atoms with Crippen LogP contribution in [0, 0.1) is 17.0 Å². The first kappa shape index (κ1) is 30.7. The number of phenolic OH excluding ortho intramolecular Hbond substituents is 1. The molecular formula is C37H43F2N5O3. The third kappa shape index (κ3) is 5.37. The first-order valence-corrected chi connectivity index (χ1v) is 17.5. The Balaban J connectivity index is 1.23. The van der Waals surface area contributed by atoms with Gasteiger partial charge in [-0.05, 0) is 92.4 Å². The van der Waals surface area contributed by atoms with Crippen molar-refractivity contribution in [2.45, 2.75) is 83.2 Å². The number of fused-ring (bicyclic) bond motifs is 3. The number of pyridine rings is 1. The minimum absolute atomic E-state index is 0.00590. The topological polar surface area (TPSA) is 83.8 Å². The van der Waals surface area contributed by atoms with Crippen molar-refractivity contribution in [3.8, 4) is 23.0 Å². The zero-order chi connectivity index (χ0) is 32.1. The van der Waals surface area contributed by atoms with Crippen LogP contribution in [0.5, 0.6) is 11.8 Å². The van der Waals surface area contributed by atoms with Crippen molar-refractivity contribution in [3.05, 3.63) is 47.7 Å². The highest BCUT2D eigenvalue weighted by Crippen LogP contribution is 2.50. The third-order valence-corrected chi connectivity index (χ3v) is 11.3. The van der Waals surface area contributed by atoms with E-state index in [-0.39, 0.29) is 34.2 Å². The molecule has 2 atom stereocenters. The summed E-state index contributed by atoms with van der Waals surface area (Å²) in [5, 5.41) is 12.3. The molecule has 8 rings (SSSR count). The van der Waals surface area contributed by atoms with Crippen LogP contribution in [-0.2, 0) is 11.2 Å². The fraction of sp³-hybridized carbons (Fsp3) is 0.541. The molecular weight excluding hydrogens is 600 g/mol. The van der Waals surface area contributed by atoms with Crippen LogP contribution < -0.4 is 9.64 Å². The van der Waals surface area contributed by atoms with Gasteiger partial charge in [0.1, 0.15) is 28.6 Å².